The molecule has 160 valence electrons. The standard InChI is InChI=1S/C20H19ClN6O3S/c1-11-5-12(13-6-16(21)24-8-15(13)29-4)14(7-23-11)17(28)25-18-26-27-19(31-18)30-10-20(2,3)9-22/h5-8H,10H2,1-4H3,(H,25,26,28). The molecule has 0 aliphatic rings. The Balaban J connectivity index is 1.86. The molecule has 0 aliphatic heterocycles. The van der Waals surface area contributed by atoms with Gasteiger partial charge in [0.1, 0.15) is 17.5 Å². The Bertz CT molecular complexity index is 1160. The van der Waals surface area contributed by atoms with Gasteiger partial charge in [-0.1, -0.05) is 16.7 Å². The number of nitrogens with one attached hydrogen (secondary N) is 1. The van der Waals surface area contributed by atoms with E-state index in [2.05, 4.69) is 31.6 Å². The number of aromatic nitrogens is 4. The molecule has 0 saturated carbocycles. The van der Waals surface area contributed by atoms with E-state index in [9.17, 15) is 4.79 Å². The minimum absolute atomic E-state index is 0.153. The molecule has 9 nitrogen and oxygen atoms in total. The molecule has 31 heavy (non-hydrogen) atoms. The highest BCUT2D eigenvalue weighted by atomic mass is 35.5. The van der Waals surface area contributed by atoms with Gasteiger partial charge in [0, 0.05) is 23.0 Å². The second-order valence-electron chi connectivity index (χ2n) is 7.19. The number of nitrogens with zero attached hydrogens (tertiary/aromatic N) is 5. The van der Waals surface area contributed by atoms with Crippen LogP contribution in [0.3, 0.4) is 0 Å². The molecule has 11 heteroatoms. The summed E-state index contributed by atoms with van der Waals surface area (Å²) in [6.07, 6.45) is 2.97. The Morgan fingerprint density at radius 2 is 2.03 bits per heavy atom. The number of methoxy groups -OCH3 is 1. The van der Waals surface area contributed by atoms with Crippen LogP contribution in [0.2, 0.25) is 5.15 Å². The quantitative estimate of drug-likeness (QED) is 0.524. The number of hydrogen-bond acceptors (Lipinski definition) is 9. The number of pyridine rings is 2. The van der Waals surface area contributed by atoms with Crippen LogP contribution >= 0.6 is 22.9 Å². The molecule has 0 spiro atoms. The van der Waals surface area contributed by atoms with Crippen LogP contribution in [0.1, 0.15) is 29.9 Å². The average molecular weight is 459 g/mol. The van der Waals surface area contributed by atoms with Gasteiger partial charge in [-0.25, -0.2) is 4.98 Å². The summed E-state index contributed by atoms with van der Waals surface area (Å²) in [7, 11) is 1.51. The minimum atomic E-state index is -0.664. The summed E-state index contributed by atoms with van der Waals surface area (Å²) < 4.78 is 10.9. The maximum absolute atomic E-state index is 13.0. The van der Waals surface area contributed by atoms with Crippen LogP contribution in [-0.2, 0) is 0 Å². The van der Waals surface area contributed by atoms with E-state index in [1.807, 2.05) is 6.92 Å². The molecule has 0 atom stereocenters. The van der Waals surface area contributed by atoms with Gasteiger partial charge in [-0.2, -0.15) is 5.26 Å². The molecular formula is C20H19ClN6O3S. The highest BCUT2D eigenvalue weighted by Crippen LogP contribution is 2.34. The fourth-order valence-corrected chi connectivity index (χ4v) is 3.26. The largest absolute Gasteiger partial charge is 0.494 e. The highest BCUT2D eigenvalue weighted by Gasteiger charge is 2.21. The van der Waals surface area contributed by atoms with Crippen LogP contribution in [0.25, 0.3) is 11.1 Å². The molecule has 3 aromatic rings. The van der Waals surface area contributed by atoms with Gasteiger partial charge in [0.05, 0.1) is 30.4 Å². The van der Waals surface area contributed by atoms with Crippen LogP contribution < -0.4 is 14.8 Å². The fourth-order valence-electron chi connectivity index (χ4n) is 2.51. The topological polar surface area (TPSA) is 123 Å². The van der Waals surface area contributed by atoms with Gasteiger partial charge in [0.2, 0.25) is 5.13 Å². The number of anilines is 1. The number of aryl methyl sites for hydroxylation is 1. The van der Waals surface area contributed by atoms with Crippen molar-refractivity contribution in [2.24, 2.45) is 5.41 Å². The van der Waals surface area contributed by atoms with Gasteiger partial charge in [-0.3, -0.25) is 15.1 Å². The zero-order chi connectivity index (χ0) is 22.6. The van der Waals surface area contributed by atoms with Crippen molar-refractivity contribution in [3.63, 3.8) is 0 Å². The first-order valence-corrected chi connectivity index (χ1v) is 10.3. The van der Waals surface area contributed by atoms with E-state index in [1.165, 1.54) is 19.5 Å². The Kier molecular flexibility index (Phi) is 6.68. The summed E-state index contributed by atoms with van der Waals surface area (Å²) in [6.45, 7) is 5.48. The molecule has 0 saturated heterocycles. The molecule has 3 heterocycles. The molecule has 3 rings (SSSR count). The van der Waals surface area contributed by atoms with E-state index in [1.54, 1.807) is 26.0 Å². The Hall–Kier alpha value is -3.29. The van der Waals surface area contributed by atoms with Crippen molar-refractivity contribution in [2.45, 2.75) is 20.8 Å². The van der Waals surface area contributed by atoms with Gasteiger partial charge in [0.25, 0.3) is 11.1 Å². The van der Waals surface area contributed by atoms with Crippen molar-refractivity contribution >= 4 is 34.0 Å². The molecule has 0 aliphatic carbocycles. The van der Waals surface area contributed by atoms with Crippen molar-refractivity contribution in [3.05, 3.63) is 40.9 Å². The van der Waals surface area contributed by atoms with Crippen molar-refractivity contribution in [1.82, 2.24) is 20.2 Å². The number of carbonyl (C=O) groups is 1. The number of nitriles is 1. The predicted octanol–water partition coefficient (Wildman–Crippen LogP) is 4.15. The Morgan fingerprint density at radius 1 is 1.26 bits per heavy atom. The van der Waals surface area contributed by atoms with Crippen LogP contribution in [0.4, 0.5) is 5.13 Å². The summed E-state index contributed by atoms with van der Waals surface area (Å²) >= 11 is 7.13. The van der Waals surface area contributed by atoms with E-state index < -0.39 is 11.3 Å². The summed E-state index contributed by atoms with van der Waals surface area (Å²) in [6, 6.07) is 5.53. The zero-order valence-electron chi connectivity index (χ0n) is 17.3. The van der Waals surface area contributed by atoms with E-state index in [4.69, 9.17) is 26.3 Å². The number of halogens is 1. The number of rotatable bonds is 7. The van der Waals surface area contributed by atoms with Crippen LogP contribution in [0, 0.1) is 23.7 Å². The summed E-state index contributed by atoms with van der Waals surface area (Å²) in [5.41, 5.74) is 1.55. The van der Waals surface area contributed by atoms with E-state index >= 15 is 0 Å². The minimum Gasteiger partial charge on any atom is -0.494 e. The number of ether oxygens (including phenoxy) is 2. The molecule has 0 bridgehead atoms. The van der Waals surface area contributed by atoms with Gasteiger partial charge >= 0.3 is 0 Å². The van der Waals surface area contributed by atoms with E-state index in [-0.39, 0.29) is 22.1 Å². The number of hydrogen-bond donors (Lipinski definition) is 1. The van der Waals surface area contributed by atoms with E-state index in [0.717, 1.165) is 11.3 Å². The van der Waals surface area contributed by atoms with Crippen molar-refractivity contribution in [2.75, 3.05) is 19.0 Å². The molecule has 1 amide bonds. The molecule has 0 unspecified atom stereocenters. The summed E-state index contributed by atoms with van der Waals surface area (Å²) in [5, 5.41) is 20.4. The molecule has 3 aromatic heterocycles. The second-order valence-corrected chi connectivity index (χ2v) is 8.52. The van der Waals surface area contributed by atoms with E-state index in [0.29, 0.717) is 28.1 Å². The first-order valence-electron chi connectivity index (χ1n) is 9.08. The normalized spacial score (nSPS) is 11.0. The zero-order valence-corrected chi connectivity index (χ0v) is 18.8. The van der Waals surface area contributed by atoms with Crippen molar-refractivity contribution in [3.8, 4) is 28.1 Å². The number of amides is 1. The first-order chi connectivity index (χ1) is 14.7. The van der Waals surface area contributed by atoms with Gasteiger partial charge in [-0.05, 0) is 44.2 Å². The molecule has 0 radical (unpaired) electrons. The van der Waals surface area contributed by atoms with Gasteiger partial charge < -0.3 is 9.47 Å². The predicted molar refractivity (Wildman–Crippen MR) is 117 cm³/mol. The second kappa shape index (κ2) is 9.24. The third kappa shape index (κ3) is 5.45. The maximum Gasteiger partial charge on any atom is 0.295 e. The molecule has 0 aromatic carbocycles. The maximum atomic E-state index is 13.0. The SMILES string of the molecule is COc1cnc(Cl)cc1-c1cc(C)ncc1C(=O)Nc1nnc(OCC(C)(C)C#N)s1. The lowest BCUT2D eigenvalue weighted by atomic mass is 9.98. The molecular weight excluding hydrogens is 440 g/mol. The summed E-state index contributed by atoms with van der Waals surface area (Å²) in [4.78, 5) is 21.2. The molecule has 1 N–H and O–H groups in total. The lowest BCUT2D eigenvalue weighted by Crippen LogP contribution is -2.18. The highest BCUT2D eigenvalue weighted by molar-refractivity contribution is 7.17. The van der Waals surface area contributed by atoms with Crippen LogP contribution in [-0.4, -0.2) is 39.8 Å². The molecule has 0 fully saturated rings. The number of carbonyl (C=O) groups excluding carboxylic acids is 1. The summed E-state index contributed by atoms with van der Waals surface area (Å²) in [5.74, 6) is 0.0355. The smallest absolute Gasteiger partial charge is 0.295 e. The lowest BCUT2D eigenvalue weighted by molar-refractivity contribution is 0.102. The lowest BCUT2D eigenvalue weighted by Gasteiger charge is -2.13. The van der Waals surface area contributed by atoms with Gasteiger partial charge in [-0.15, -0.1) is 5.10 Å². The Labute approximate surface area is 188 Å². The first kappa shape index (κ1) is 22.4. The van der Waals surface area contributed by atoms with Gasteiger partial charge in [0.15, 0.2) is 0 Å². The Morgan fingerprint density at radius 3 is 2.74 bits per heavy atom. The fraction of sp³-hybridized carbons (Fsp3) is 0.300. The van der Waals surface area contributed by atoms with Crippen LogP contribution in [0.15, 0.2) is 24.5 Å². The third-order valence-corrected chi connectivity index (χ3v) is 5.07. The van der Waals surface area contributed by atoms with Crippen LogP contribution in [0.5, 0.6) is 10.9 Å². The monoisotopic (exact) mass is 458 g/mol. The van der Waals surface area contributed by atoms with Crippen molar-refractivity contribution in [1.29, 1.82) is 5.26 Å². The average Bonchev–Trinajstić information content (AvgIpc) is 3.19. The van der Waals surface area contributed by atoms with Crippen molar-refractivity contribution < 1.29 is 14.3 Å². The third-order valence-electron chi connectivity index (χ3n) is 4.12.